The number of nitrogens with one attached hydrogen (secondary N) is 1. The molecule has 0 aliphatic heterocycles. The fraction of sp³-hybridized carbons (Fsp3) is 0.263. The quantitative estimate of drug-likeness (QED) is 0.587. The highest BCUT2D eigenvalue weighted by Crippen LogP contribution is 2.38. The molecule has 0 spiro atoms. The summed E-state index contributed by atoms with van der Waals surface area (Å²) in [7, 11) is 0. The number of nitrogens with zero attached hydrogens (tertiary/aromatic N) is 1. The van der Waals surface area contributed by atoms with Crippen LogP contribution < -0.4 is 5.32 Å². The van der Waals surface area contributed by atoms with Crippen molar-refractivity contribution in [2.75, 3.05) is 5.32 Å². The van der Waals surface area contributed by atoms with Crippen LogP contribution in [0.4, 0.5) is 11.4 Å². The maximum absolute atomic E-state index is 11.6. The summed E-state index contributed by atoms with van der Waals surface area (Å²) in [5, 5.41) is 13.7. The first-order chi connectivity index (χ1) is 11.8. The summed E-state index contributed by atoms with van der Waals surface area (Å²) in [4.78, 5) is 16.0. The number of amides is 1. The van der Waals surface area contributed by atoms with Gasteiger partial charge in [0, 0.05) is 28.9 Å². The molecule has 0 saturated heterocycles. The minimum atomic E-state index is -0.00144. The Hall–Kier alpha value is -1.85. The molecule has 2 aromatic rings. The predicted octanol–water partition coefficient (Wildman–Crippen LogP) is 5.91. The fourth-order valence-corrected chi connectivity index (χ4v) is 3.07. The Balaban J connectivity index is 2.22. The van der Waals surface area contributed by atoms with Crippen molar-refractivity contribution >= 4 is 51.0 Å². The molecule has 1 amide bonds. The Morgan fingerprint density at radius 3 is 2.52 bits per heavy atom. The molecular formula is C19H20BrClN2O2. The van der Waals surface area contributed by atoms with Crippen molar-refractivity contribution < 1.29 is 9.90 Å². The first kappa shape index (κ1) is 19.5. The van der Waals surface area contributed by atoms with Gasteiger partial charge in [-0.05, 0) is 71.6 Å². The molecular weight excluding hydrogens is 404 g/mol. The number of halogens is 2. The zero-order valence-corrected chi connectivity index (χ0v) is 16.7. The van der Waals surface area contributed by atoms with Crippen molar-refractivity contribution in [3.05, 3.63) is 50.5 Å². The van der Waals surface area contributed by atoms with Gasteiger partial charge in [0.2, 0.25) is 5.91 Å². The first-order valence-electron chi connectivity index (χ1n) is 7.96. The molecule has 0 aliphatic rings. The van der Waals surface area contributed by atoms with E-state index in [1.165, 1.54) is 0 Å². The van der Waals surface area contributed by atoms with Crippen LogP contribution in [0.1, 0.15) is 36.5 Å². The average molecular weight is 424 g/mol. The van der Waals surface area contributed by atoms with E-state index in [2.05, 4.69) is 26.2 Å². The van der Waals surface area contributed by atoms with Gasteiger partial charge in [-0.3, -0.25) is 9.79 Å². The molecule has 4 nitrogen and oxygen atoms in total. The Kier molecular flexibility index (Phi) is 6.62. The van der Waals surface area contributed by atoms with Crippen LogP contribution in [0.2, 0.25) is 5.02 Å². The highest BCUT2D eigenvalue weighted by atomic mass is 79.9. The van der Waals surface area contributed by atoms with E-state index in [0.717, 1.165) is 23.2 Å². The van der Waals surface area contributed by atoms with Crippen LogP contribution in [0.3, 0.4) is 0 Å². The predicted molar refractivity (Wildman–Crippen MR) is 108 cm³/mol. The first-order valence-corrected chi connectivity index (χ1v) is 9.13. The molecule has 0 heterocycles. The summed E-state index contributed by atoms with van der Waals surface area (Å²) in [6, 6.07) is 7.19. The highest BCUT2D eigenvalue weighted by Gasteiger charge is 2.15. The van der Waals surface area contributed by atoms with Gasteiger partial charge in [-0.15, -0.1) is 0 Å². The summed E-state index contributed by atoms with van der Waals surface area (Å²) in [6.45, 7) is 5.64. The summed E-state index contributed by atoms with van der Waals surface area (Å²) < 4.78 is 0.568. The Bertz CT molecular complexity index is 788. The maximum atomic E-state index is 11.6. The van der Waals surface area contributed by atoms with Crippen LogP contribution in [-0.4, -0.2) is 17.2 Å². The lowest BCUT2D eigenvalue weighted by Crippen LogP contribution is -2.10. The summed E-state index contributed by atoms with van der Waals surface area (Å²) in [5.41, 5.74) is 3.58. The topological polar surface area (TPSA) is 61.7 Å². The third-order valence-electron chi connectivity index (χ3n) is 3.83. The zero-order valence-electron chi connectivity index (χ0n) is 14.4. The van der Waals surface area contributed by atoms with Crippen LogP contribution in [0.25, 0.3) is 0 Å². The van der Waals surface area contributed by atoms with Gasteiger partial charge in [0.15, 0.2) is 0 Å². The molecule has 2 N–H and O–H groups in total. The van der Waals surface area contributed by atoms with Gasteiger partial charge < -0.3 is 10.4 Å². The van der Waals surface area contributed by atoms with Crippen LogP contribution in [-0.2, 0) is 4.79 Å². The van der Waals surface area contributed by atoms with Gasteiger partial charge in [0.25, 0.3) is 0 Å². The van der Waals surface area contributed by atoms with Crippen molar-refractivity contribution in [1.82, 2.24) is 0 Å². The minimum absolute atomic E-state index is 0.00144. The fourth-order valence-electron chi connectivity index (χ4n) is 2.35. The van der Waals surface area contributed by atoms with Gasteiger partial charge >= 0.3 is 0 Å². The normalized spacial score (nSPS) is 11.1. The summed E-state index contributed by atoms with van der Waals surface area (Å²) in [5.74, 6) is 0.116. The number of hydrogen-bond donors (Lipinski definition) is 2. The molecule has 0 fully saturated rings. The molecule has 0 bridgehead atoms. The van der Waals surface area contributed by atoms with Crippen molar-refractivity contribution in [3.63, 3.8) is 0 Å². The zero-order chi connectivity index (χ0) is 18.6. The smallest absolute Gasteiger partial charge is 0.224 e. The Morgan fingerprint density at radius 1 is 1.28 bits per heavy atom. The number of hydrogen-bond acceptors (Lipinski definition) is 3. The number of carbonyl (C=O) groups is 1. The van der Waals surface area contributed by atoms with E-state index in [4.69, 9.17) is 11.6 Å². The third-order valence-corrected chi connectivity index (χ3v) is 5.36. The van der Waals surface area contributed by atoms with E-state index in [9.17, 15) is 9.90 Å². The monoisotopic (exact) mass is 422 g/mol. The average Bonchev–Trinajstić information content (AvgIpc) is 2.60. The van der Waals surface area contributed by atoms with Crippen molar-refractivity contribution in [3.8, 4) is 5.75 Å². The second-order valence-corrected chi connectivity index (χ2v) is 6.91. The molecule has 0 unspecified atom stereocenters. The highest BCUT2D eigenvalue weighted by molar-refractivity contribution is 9.10. The minimum Gasteiger partial charge on any atom is -0.506 e. The number of rotatable bonds is 5. The van der Waals surface area contributed by atoms with E-state index in [1.54, 1.807) is 30.5 Å². The van der Waals surface area contributed by atoms with E-state index < -0.39 is 0 Å². The SMILES string of the molecule is CCCC(=O)Nc1ccc(N=Cc2c(C)c(Cl)c(C)c(Br)c2O)cc1. The number of aromatic hydroxyl groups is 1. The van der Waals surface area contributed by atoms with E-state index in [1.807, 2.05) is 20.8 Å². The van der Waals surface area contributed by atoms with Gasteiger partial charge in [0.1, 0.15) is 5.75 Å². The molecule has 0 radical (unpaired) electrons. The largest absolute Gasteiger partial charge is 0.506 e. The lowest BCUT2D eigenvalue weighted by atomic mass is 10.0. The lowest BCUT2D eigenvalue weighted by molar-refractivity contribution is -0.116. The lowest BCUT2D eigenvalue weighted by Gasteiger charge is -2.12. The van der Waals surface area contributed by atoms with Crippen molar-refractivity contribution in [1.29, 1.82) is 0 Å². The molecule has 2 aromatic carbocycles. The summed E-state index contributed by atoms with van der Waals surface area (Å²) >= 11 is 9.64. The number of benzene rings is 2. The van der Waals surface area contributed by atoms with Crippen LogP contribution in [0.5, 0.6) is 5.75 Å². The van der Waals surface area contributed by atoms with Crippen LogP contribution >= 0.6 is 27.5 Å². The number of anilines is 1. The van der Waals surface area contributed by atoms with E-state index in [0.29, 0.717) is 27.2 Å². The molecule has 0 aromatic heterocycles. The number of carbonyl (C=O) groups excluding carboxylic acids is 1. The standard InChI is InChI=1S/C19H20BrClN2O2/c1-4-5-16(24)23-14-8-6-13(7-9-14)22-10-15-11(2)18(21)12(3)17(20)19(15)25/h6-10,25H,4-5H2,1-3H3,(H,23,24). The second kappa shape index (κ2) is 8.50. The second-order valence-electron chi connectivity index (χ2n) is 5.74. The van der Waals surface area contributed by atoms with Crippen LogP contribution in [0.15, 0.2) is 33.7 Å². The Morgan fingerprint density at radius 2 is 1.92 bits per heavy atom. The number of phenolic OH excluding ortho intramolecular Hbond substituents is 1. The van der Waals surface area contributed by atoms with Gasteiger partial charge in [-0.2, -0.15) is 0 Å². The van der Waals surface area contributed by atoms with Crippen LogP contribution in [0, 0.1) is 13.8 Å². The number of aliphatic imine (C=N–C) groups is 1. The Labute approximate surface area is 161 Å². The van der Waals surface area contributed by atoms with Crippen molar-refractivity contribution in [2.45, 2.75) is 33.6 Å². The molecule has 6 heteroatoms. The molecule has 0 atom stereocenters. The molecule has 25 heavy (non-hydrogen) atoms. The van der Waals surface area contributed by atoms with E-state index in [-0.39, 0.29) is 11.7 Å². The molecule has 0 saturated carbocycles. The molecule has 2 rings (SSSR count). The third kappa shape index (κ3) is 4.61. The number of phenols is 1. The van der Waals surface area contributed by atoms with Gasteiger partial charge in [0.05, 0.1) is 10.2 Å². The van der Waals surface area contributed by atoms with Gasteiger partial charge in [-0.1, -0.05) is 18.5 Å². The molecule has 0 aliphatic carbocycles. The van der Waals surface area contributed by atoms with Gasteiger partial charge in [-0.25, -0.2) is 0 Å². The molecule has 132 valence electrons. The maximum Gasteiger partial charge on any atom is 0.224 e. The van der Waals surface area contributed by atoms with E-state index >= 15 is 0 Å². The summed E-state index contributed by atoms with van der Waals surface area (Å²) in [6.07, 6.45) is 2.90. The van der Waals surface area contributed by atoms with Crippen molar-refractivity contribution in [2.24, 2.45) is 4.99 Å².